The van der Waals surface area contributed by atoms with Gasteiger partial charge in [0.05, 0.1) is 12.3 Å². The van der Waals surface area contributed by atoms with Gasteiger partial charge in [0.2, 0.25) is 0 Å². The minimum atomic E-state index is -0.488. The smallest absolute Gasteiger partial charge is 0.407 e. The van der Waals surface area contributed by atoms with Gasteiger partial charge >= 0.3 is 6.09 Å². The second kappa shape index (κ2) is 9.83. The van der Waals surface area contributed by atoms with E-state index in [-0.39, 0.29) is 0 Å². The van der Waals surface area contributed by atoms with Crippen LogP contribution in [0.1, 0.15) is 46.6 Å². The molecule has 0 atom stereocenters. The molecule has 1 N–H and O–H groups in total. The number of rotatable bonds is 8. The molecule has 0 saturated carbocycles. The largest absolute Gasteiger partial charge is 0.491 e. The minimum absolute atomic E-state index is 0.408. The zero-order chi connectivity index (χ0) is 18.9. The van der Waals surface area contributed by atoms with E-state index in [9.17, 15) is 4.79 Å². The van der Waals surface area contributed by atoms with Crippen LogP contribution in [0.25, 0.3) is 0 Å². The number of amides is 1. The highest BCUT2D eigenvalue weighted by Crippen LogP contribution is 2.29. The van der Waals surface area contributed by atoms with Gasteiger partial charge in [-0.1, -0.05) is 5.92 Å². The molecule has 0 aliphatic carbocycles. The number of hydrogen-bond donors (Lipinski definition) is 1. The molecule has 138 valence electrons. The van der Waals surface area contributed by atoms with E-state index in [1.54, 1.807) is 0 Å². The van der Waals surface area contributed by atoms with Gasteiger partial charge in [-0.3, -0.25) is 0 Å². The van der Waals surface area contributed by atoms with Gasteiger partial charge in [-0.2, -0.15) is 0 Å². The quantitative estimate of drug-likeness (QED) is 0.574. The first-order valence-electron chi connectivity index (χ1n) is 8.76. The summed E-state index contributed by atoms with van der Waals surface area (Å²) in [6, 6.07) is 5.76. The van der Waals surface area contributed by atoms with Gasteiger partial charge < -0.3 is 19.7 Å². The van der Waals surface area contributed by atoms with E-state index in [0.29, 0.717) is 19.6 Å². The summed E-state index contributed by atoms with van der Waals surface area (Å²) in [5, 5.41) is 2.73. The average molecular weight is 346 g/mol. The molecule has 1 amide bonds. The number of carbonyl (C=O) groups is 1. The van der Waals surface area contributed by atoms with Crippen LogP contribution in [0.2, 0.25) is 0 Å². The first-order chi connectivity index (χ1) is 11.8. The summed E-state index contributed by atoms with van der Waals surface area (Å²) in [5.74, 6) is 3.47. The molecule has 0 unspecified atom stereocenters. The summed E-state index contributed by atoms with van der Waals surface area (Å²) in [4.78, 5) is 13.8. The van der Waals surface area contributed by atoms with E-state index in [4.69, 9.17) is 15.9 Å². The number of terminal acetylenes is 1. The Morgan fingerprint density at radius 3 is 2.52 bits per heavy atom. The number of nitrogens with one attached hydrogen (secondary N) is 1. The van der Waals surface area contributed by atoms with E-state index < -0.39 is 11.7 Å². The number of benzene rings is 1. The summed E-state index contributed by atoms with van der Waals surface area (Å²) in [7, 11) is 0. The van der Waals surface area contributed by atoms with Gasteiger partial charge in [0.15, 0.2) is 0 Å². The first-order valence-corrected chi connectivity index (χ1v) is 8.76. The molecule has 0 aromatic heterocycles. The lowest BCUT2D eigenvalue weighted by Crippen LogP contribution is -2.33. The highest BCUT2D eigenvalue weighted by molar-refractivity contribution is 5.67. The van der Waals surface area contributed by atoms with Gasteiger partial charge in [0.25, 0.3) is 0 Å². The average Bonchev–Trinajstić information content (AvgIpc) is 2.55. The highest BCUT2D eigenvalue weighted by Gasteiger charge is 2.15. The number of carbonyl (C=O) groups excluding carboxylic acids is 1. The van der Waals surface area contributed by atoms with E-state index >= 15 is 0 Å². The second-order valence-electron chi connectivity index (χ2n) is 6.63. The molecule has 0 aliphatic heterocycles. The van der Waals surface area contributed by atoms with Crippen LogP contribution < -0.4 is 15.0 Å². The lowest BCUT2D eigenvalue weighted by Gasteiger charge is -2.24. The van der Waals surface area contributed by atoms with Crippen molar-refractivity contribution in [2.45, 2.75) is 46.6 Å². The Hall–Kier alpha value is -2.35. The van der Waals surface area contributed by atoms with Crippen molar-refractivity contribution >= 4 is 11.8 Å². The predicted molar refractivity (Wildman–Crippen MR) is 102 cm³/mol. The molecule has 0 aliphatic rings. The van der Waals surface area contributed by atoms with Crippen molar-refractivity contribution in [1.29, 1.82) is 0 Å². The highest BCUT2D eigenvalue weighted by atomic mass is 16.6. The normalized spacial score (nSPS) is 10.7. The second-order valence-corrected chi connectivity index (χ2v) is 6.63. The Labute approximate surface area is 151 Å². The first kappa shape index (κ1) is 20.7. The third-order valence-corrected chi connectivity index (χ3v) is 3.48. The number of ether oxygens (including phenoxy) is 2. The van der Waals surface area contributed by atoms with Gasteiger partial charge in [-0.05, 0) is 59.2 Å². The molecule has 1 aromatic carbocycles. The van der Waals surface area contributed by atoms with Crippen molar-refractivity contribution in [3.05, 3.63) is 23.8 Å². The number of nitrogens with zero attached hydrogens (tertiary/aromatic N) is 1. The number of anilines is 1. The Morgan fingerprint density at radius 2 is 1.96 bits per heavy atom. The number of alkyl carbamates (subject to hydrolysis) is 1. The zero-order valence-corrected chi connectivity index (χ0v) is 16.0. The molecule has 0 bridgehead atoms. The molecule has 0 saturated heterocycles. The van der Waals surface area contributed by atoms with Crippen LogP contribution in [0, 0.1) is 12.3 Å². The van der Waals surface area contributed by atoms with E-state index in [2.05, 4.69) is 30.0 Å². The number of hydrogen-bond acceptors (Lipinski definition) is 4. The van der Waals surface area contributed by atoms with Crippen LogP contribution >= 0.6 is 0 Å². The van der Waals surface area contributed by atoms with Crippen molar-refractivity contribution in [3.8, 4) is 18.1 Å². The van der Waals surface area contributed by atoms with E-state index in [0.717, 1.165) is 30.1 Å². The lowest BCUT2D eigenvalue weighted by molar-refractivity contribution is 0.0525. The fourth-order valence-electron chi connectivity index (χ4n) is 2.30. The monoisotopic (exact) mass is 346 g/mol. The molecule has 0 heterocycles. The van der Waals surface area contributed by atoms with E-state index in [1.807, 2.05) is 39.0 Å². The molecule has 5 nitrogen and oxygen atoms in total. The summed E-state index contributed by atoms with van der Waals surface area (Å²) in [6.45, 7) is 12.5. The third kappa shape index (κ3) is 7.38. The van der Waals surface area contributed by atoms with Gasteiger partial charge in [0, 0.05) is 25.2 Å². The Bertz CT molecular complexity index is 596. The molecule has 1 rings (SSSR count). The topological polar surface area (TPSA) is 50.8 Å². The van der Waals surface area contributed by atoms with Gasteiger partial charge in [0.1, 0.15) is 11.4 Å². The Morgan fingerprint density at radius 1 is 1.28 bits per heavy atom. The Balaban J connectivity index is 2.54. The van der Waals surface area contributed by atoms with Crippen molar-refractivity contribution in [2.24, 2.45) is 0 Å². The molecular formula is C20H30N2O3. The molecule has 1 aromatic rings. The van der Waals surface area contributed by atoms with Crippen molar-refractivity contribution in [2.75, 3.05) is 31.1 Å². The fourth-order valence-corrected chi connectivity index (χ4v) is 2.30. The van der Waals surface area contributed by atoms with Crippen molar-refractivity contribution < 1.29 is 14.3 Å². The summed E-state index contributed by atoms with van der Waals surface area (Å²) >= 11 is 0. The van der Waals surface area contributed by atoms with Gasteiger partial charge in [-0.25, -0.2) is 4.79 Å². The molecule has 0 radical (unpaired) electrons. The third-order valence-electron chi connectivity index (χ3n) is 3.48. The van der Waals surface area contributed by atoms with Crippen LogP contribution in [0.5, 0.6) is 5.75 Å². The molecule has 0 fully saturated rings. The SMILES string of the molecule is C#Cc1ccc(OCCCNC(=O)OC(C)(C)C)c(N(CC)CC)c1. The van der Waals surface area contributed by atoms with Crippen LogP contribution in [0.3, 0.4) is 0 Å². The molecule has 5 heteroatoms. The molecule has 0 spiro atoms. The van der Waals surface area contributed by atoms with Gasteiger partial charge in [-0.15, -0.1) is 6.42 Å². The Kier molecular flexibility index (Phi) is 8.13. The van der Waals surface area contributed by atoms with Crippen molar-refractivity contribution in [1.82, 2.24) is 5.32 Å². The van der Waals surface area contributed by atoms with Crippen LogP contribution in [0.4, 0.5) is 10.5 Å². The maximum Gasteiger partial charge on any atom is 0.407 e. The standard InChI is InChI=1S/C20H30N2O3/c1-7-16-11-12-18(17(15-16)22(8-2)9-3)24-14-10-13-21-19(23)25-20(4,5)6/h1,11-12,15H,8-10,13-14H2,2-6H3,(H,21,23). The predicted octanol–water partition coefficient (Wildman–Crippen LogP) is 3.81. The summed E-state index contributed by atoms with van der Waals surface area (Å²) in [5.41, 5.74) is 1.35. The molecule has 25 heavy (non-hydrogen) atoms. The van der Waals surface area contributed by atoms with Crippen molar-refractivity contribution in [3.63, 3.8) is 0 Å². The zero-order valence-electron chi connectivity index (χ0n) is 16.0. The van der Waals surface area contributed by atoms with Crippen LogP contribution in [0.15, 0.2) is 18.2 Å². The van der Waals surface area contributed by atoms with Crippen LogP contribution in [-0.2, 0) is 4.74 Å². The fraction of sp³-hybridized carbons (Fsp3) is 0.550. The minimum Gasteiger partial charge on any atom is -0.491 e. The molecular weight excluding hydrogens is 316 g/mol. The summed E-state index contributed by atoms with van der Waals surface area (Å²) in [6.07, 6.45) is 5.78. The van der Waals surface area contributed by atoms with Crippen LogP contribution in [-0.4, -0.2) is 37.9 Å². The lowest BCUT2D eigenvalue weighted by atomic mass is 10.1. The maximum atomic E-state index is 11.6. The van der Waals surface area contributed by atoms with E-state index in [1.165, 1.54) is 0 Å². The maximum absolute atomic E-state index is 11.6. The summed E-state index contributed by atoms with van der Waals surface area (Å²) < 4.78 is 11.1.